The molecule has 1 aliphatic rings. The summed E-state index contributed by atoms with van der Waals surface area (Å²) < 4.78 is 0. The number of pyridine rings is 1. The molecule has 0 unspecified atom stereocenters. The van der Waals surface area contributed by atoms with Gasteiger partial charge in [-0.25, -0.2) is 0 Å². The fraction of sp³-hybridized carbons (Fsp3) is 0.300. The SMILES string of the molecule is NC(=O)c1cc(CCC(=O)N2CCN(c3ccncc3)CC2)cc2cn[nH]c12. The Kier molecular flexibility index (Phi) is 4.92. The van der Waals surface area contributed by atoms with Gasteiger partial charge >= 0.3 is 0 Å². The minimum absolute atomic E-state index is 0.127. The summed E-state index contributed by atoms with van der Waals surface area (Å²) in [6.45, 7) is 3.02. The Morgan fingerprint density at radius 3 is 2.57 bits per heavy atom. The second kappa shape index (κ2) is 7.67. The van der Waals surface area contributed by atoms with E-state index in [2.05, 4.69) is 20.1 Å². The van der Waals surface area contributed by atoms with E-state index in [0.29, 0.717) is 37.0 Å². The number of aryl methyl sites for hydroxylation is 1. The number of H-pyrrole nitrogens is 1. The Balaban J connectivity index is 1.36. The van der Waals surface area contributed by atoms with Gasteiger partial charge in [0.05, 0.1) is 17.3 Å². The number of piperazine rings is 1. The molecule has 0 atom stereocenters. The van der Waals surface area contributed by atoms with Crippen LogP contribution in [0.15, 0.2) is 42.9 Å². The first-order chi connectivity index (χ1) is 13.6. The van der Waals surface area contributed by atoms with Crippen LogP contribution < -0.4 is 10.6 Å². The fourth-order valence-electron chi connectivity index (χ4n) is 3.64. The minimum atomic E-state index is -0.505. The highest BCUT2D eigenvalue weighted by molar-refractivity contribution is 6.04. The summed E-state index contributed by atoms with van der Waals surface area (Å²) in [6.07, 6.45) is 6.18. The molecule has 1 saturated heterocycles. The van der Waals surface area contributed by atoms with Crippen molar-refractivity contribution in [2.45, 2.75) is 12.8 Å². The van der Waals surface area contributed by atoms with Crippen molar-refractivity contribution in [1.82, 2.24) is 20.1 Å². The summed E-state index contributed by atoms with van der Waals surface area (Å²) in [7, 11) is 0. The Hall–Kier alpha value is -3.42. The van der Waals surface area contributed by atoms with E-state index in [1.165, 1.54) is 0 Å². The Labute approximate surface area is 162 Å². The number of carbonyl (C=O) groups excluding carboxylic acids is 2. The molecule has 0 saturated carbocycles. The summed E-state index contributed by atoms with van der Waals surface area (Å²) >= 11 is 0. The molecule has 8 heteroatoms. The smallest absolute Gasteiger partial charge is 0.250 e. The van der Waals surface area contributed by atoms with Crippen LogP contribution in [-0.4, -0.2) is 58.1 Å². The largest absolute Gasteiger partial charge is 0.368 e. The van der Waals surface area contributed by atoms with Gasteiger partial charge in [0.1, 0.15) is 0 Å². The van der Waals surface area contributed by atoms with Crippen LogP contribution in [0.25, 0.3) is 10.9 Å². The van der Waals surface area contributed by atoms with Gasteiger partial charge in [-0.1, -0.05) is 0 Å². The predicted octanol–water partition coefficient (Wildman–Crippen LogP) is 1.34. The first kappa shape index (κ1) is 18.0. The van der Waals surface area contributed by atoms with Crippen molar-refractivity contribution in [2.75, 3.05) is 31.1 Å². The quantitative estimate of drug-likeness (QED) is 0.696. The van der Waals surface area contributed by atoms with E-state index in [0.717, 1.165) is 29.7 Å². The van der Waals surface area contributed by atoms with Crippen LogP contribution in [0.2, 0.25) is 0 Å². The zero-order valence-electron chi connectivity index (χ0n) is 15.5. The van der Waals surface area contributed by atoms with Crippen LogP contribution >= 0.6 is 0 Å². The molecule has 1 fully saturated rings. The molecule has 1 aliphatic heterocycles. The van der Waals surface area contributed by atoms with Gasteiger partial charge in [-0.15, -0.1) is 0 Å². The fourth-order valence-corrected chi connectivity index (χ4v) is 3.64. The highest BCUT2D eigenvalue weighted by Gasteiger charge is 2.21. The van der Waals surface area contributed by atoms with Crippen LogP contribution in [0.5, 0.6) is 0 Å². The number of nitrogens with two attached hydrogens (primary N) is 1. The third kappa shape index (κ3) is 3.66. The third-order valence-corrected chi connectivity index (χ3v) is 5.16. The van der Waals surface area contributed by atoms with Crippen molar-refractivity contribution in [3.05, 3.63) is 54.0 Å². The number of aromatic amines is 1. The van der Waals surface area contributed by atoms with E-state index in [4.69, 9.17) is 5.73 Å². The number of rotatable bonds is 5. The topological polar surface area (TPSA) is 108 Å². The number of primary amides is 1. The van der Waals surface area contributed by atoms with E-state index in [-0.39, 0.29) is 5.91 Å². The van der Waals surface area contributed by atoms with E-state index < -0.39 is 5.91 Å². The minimum Gasteiger partial charge on any atom is -0.368 e. The zero-order valence-corrected chi connectivity index (χ0v) is 15.5. The van der Waals surface area contributed by atoms with Crippen molar-refractivity contribution >= 4 is 28.4 Å². The van der Waals surface area contributed by atoms with Crippen LogP contribution in [-0.2, 0) is 11.2 Å². The standard InChI is InChI=1S/C20H22N6O2/c21-20(28)17-12-14(11-15-13-23-24-19(15)17)1-2-18(27)26-9-7-25(8-10-26)16-3-5-22-6-4-16/h3-6,11-13H,1-2,7-10H2,(H2,21,28)(H,23,24). The van der Waals surface area contributed by atoms with Gasteiger partial charge in [-0.2, -0.15) is 5.10 Å². The second-order valence-corrected chi connectivity index (χ2v) is 6.92. The molecule has 4 rings (SSSR count). The maximum absolute atomic E-state index is 12.6. The van der Waals surface area contributed by atoms with Crippen LogP contribution in [0.4, 0.5) is 5.69 Å². The van der Waals surface area contributed by atoms with Gasteiger partial charge in [-0.3, -0.25) is 19.7 Å². The molecule has 0 radical (unpaired) electrons. The van der Waals surface area contributed by atoms with E-state index in [9.17, 15) is 9.59 Å². The third-order valence-electron chi connectivity index (χ3n) is 5.16. The lowest BCUT2D eigenvalue weighted by Gasteiger charge is -2.36. The maximum Gasteiger partial charge on any atom is 0.250 e. The number of amides is 2. The molecule has 28 heavy (non-hydrogen) atoms. The van der Waals surface area contributed by atoms with Gasteiger partial charge in [0.2, 0.25) is 5.91 Å². The predicted molar refractivity (Wildman–Crippen MR) is 106 cm³/mol. The van der Waals surface area contributed by atoms with Crippen molar-refractivity contribution in [1.29, 1.82) is 0 Å². The molecular weight excluding hydrogens is 356 g/mol. The van der Waals surface area contributed by atoms with Gasteiger partial charge < -0.3 is 15.5 Å². The maximum atomic E-state index is 12.6. The zero-order chi connectivity index (χ0) is 19.5. The summed E-state index contributed by atoms with van der Waals surface area (Å²) in [5, 5.41) is 7.59. The number of fused-ring (bicyclic) bond motifs is 1. The number of carbonyl (C=O) groups is 2. The molecule has 3 N–H and O–H groups in total. The van der Waals surface area contributed by atoms with Crippen molar-refractivity contribution < 1.29 is 9.59 Å². The van der Waals surface area contributed by atoms with Gasteiger partial charge in [-0.05, 0) is 36.2 Å². The molecule has 0 bridgehead atoms. The molecule has 2 aromatic heterocycles. The number of benzene rings is 1. The van der Waals surface area contributed by atoms with Gasteiger partial charge in [0.15, 0.2) is 0 Å². The lowest BCUT2D eigenvalue weighted by Crippen LogP contribution is -2.48. The summed E-state index contributed by atoms with van der Waals surface area (Å²) in [6, 6.07) is 7.66. The molecule has 1 aromatic carbocycles. The van der Waals surface area contributed by atoms with Crippen molar-refractivity contribution in [3.8, 4) is 0 Å². The highest BCUT2D eigenvalue weighted by Crippen LogP contribution is 2.20. The molecule has 2 amide bonds. The summed E-state index contributed by atoms with van der Waals surface area (Å²) in [4.78, 5) is 32.5. The van der Waals surface area contributed by atoms with E-state index in [1.807, 2.05) is 23.1 Å². The van der Waals surface area contributed by atoms with Gasteiger partial charge in [0.25, 0.3) is 5.91 Å². The first-order valence-corrected chi connectivity index (χ1v) is 9.30. The van der Waals surface area contributed by atoms with E-state index >= 15 is 0 Å². The Bertz CT molecular complexity index is 992. The van der Waals surface area contributed by atoms with E-state index in [1.54, 1.807) is 24.7 Å². The van der Waals surface area contributed by atoms with Crippen LogP contribution in [0.1, 0.15) is 22.3 Å². The monoisotopic (exact) mass is 378 g/mol. The number of anilines is 1. The summed E-state index contributed by atoms with van der Waals surface area (Å²) in [5.74, 6) is -0.378. The van der Waals surface area contributed by atoms with Crippen molar-refractivity contribution in [3.63, 3.8) is 0 Å². The van der Waals surface area contributed by atoms with Crippen molar-refractivity contribution in [2.24, 2.45) is 5.73 Å². The molecule has 0 aliphatic carbocycles. The normalized spacial score (nSPS) is 14.4. The number of nitrogens with zero attached hydrogens (tertiary/aromatic N) is 4. The molecule has 8 nitrogen and oxygen atoms in total. The lowest BCUT2D eigenvalue weighted by atomic mass is 10.0. The summed E-state index contributed by atoms with van der Waals surface area (Å²) in [5.41, 5.74) is 8.55. The Morgan fingerprint density at radius 1 is 1.11 bits per heavy atom. The number of nitrogens with one attached hydrogen (secondary N) is 1. The first-order valence-electron chi connectivity index (χ1n) is 9.30. The average molecular weight is 378 g/mol. The van der Waals surface area contributed by atoms with Crippen LogP contribution in [0, 0.1) is 0 Å². The number of aromatic nitrogens is 3. The Morgan fingerprint density at radius 2 is 1.86 bits per heavy atom. The molecule has 3 aromatic rings. The molecular formula is C20H22N6O2. The molecule has 0 spiro atoms. The second-order valence-electron chi connectivity index (χ2n) is 6.92. The lowest BCUT2D eigenvalue weighted by molar-refractivity contribution is -0.131. The van der Waals surface area contributed by atoms with Gasteiger partial charge in [0, 0.05) is 56.1 Å². The molecule has 3 heterocycles. The molecule has 144 valence electrons. The number of hydrogen-bond acceptors (Lipinski definition) is 5. The number of hydrogen-bond donors (Lipinski definition) is 2. The van der Waals surface area contributed by atoms with Crippen LogP contribution in [0.3, 0.4) is 0 Å². The highest BCUT2D eigenvalue weighted by atomic mass is 16.2. The average Bonchev–Trinajstić information content (AvgIpc) is 3.20.